The van der Waals surface area contributed by atoms with Crippen molar-refractivity contribution in [2.45, 2.75) is 11.8 Å². The van der Waals surface area contributed by atoms with Gasteiger partial charge in [0.1, 0.15) is 11.5 Å². The van der Waals surface area contributed by atoms with Crippen molar-refractivity contribution in [1.82, 2.24) is 10.2 Å². The molecular weight excluding hydrogens is 370 g/mol. The second-order valence-electron chi connectivity index (χ2n) is 5.76. The van der Waals surface area contributed by atoms with E-state index in [0.29, 0.717) is 11.3 Å². The minimum atomic E-state index is -3.77. The first-order chi connectivity index (χ1) is 12.9. The molecular formula is C18H17N3O5S. The van der Waals surface area contributed by atoms with Crippen LogP contribution in [0.5, 0.6) is 5.75 Å². The number of sulfone groups is 1. The predicted octanol–water partition coefficient (Wildman–Crippen LogP) is 2.47. The van der Waals surface area contributed by atoms with Gasteiger partial charge in [-0.15, -0.1) is 5.10 Å². The van der Waals surface area contributed by atoms with E-state index in [1.807, 2.05) is 6.92 Å². The van der Waals surface area contributed by atoms with Crippen molar-refractivity contribution in [2.24, 2.45) is 0 Å². The Morgan fingerprint density at radius 2 is 1.89 bits per heavy atom. The maximum Gasteiger partial charge on any atom is 0.322 e. The predicted molar refractivity (Wildman–Crippen MR) is 98.1 cm³/mol. The molecule has 0 fully saturated rings. The van der Waals surface area contributed by atoms with Crippen molar-refractivity contribution in [2.75, 3.05) is 18.2 Å². The number of methoxy groups -OCH3 is 1. The standard InChI is InChI=1S/C18H17N3O5S/c1-12-6-8-15(9-7-12)27(23,24)11-16(22)19-18-21-20-17(26-18)13-4-3-5-14(10-13)25-2/h3-10H,11H2,1-2H3,(H,19,21,22). The number of rotatable bonds is 6. The first-order valence-electron chi connectivity index (χ1n) is 7.94. The smallest absolute Gasteiger partial charge is 0.322 e. The molecule has 9 heteroatoms. The molecule has 1 aromatic heterocycles. The van der Waals surface area contributed by atoms with Gasteiger partial charge in [0.15, 0.2) is 9.84 Å². The fourth-order valence-corrected chi connectivity index (χ4v) is 3.44. The van der Waals surface area contributed by atoms with Crippen LogP contribution >= 0.6 is 0 Å². The van der Waals surface area contributed by atoms with Crippen LogP contribution in [0.15, 0.2) is 57.8 Å². The second kappa shape index (κ2) is 7.58. The van der Waals surface area contributed by atoms with E-state index in [2.05, 4.69) is 15.5 Å². The Labute approximate surface area is 156 Å². The van der Waals surface area contributed by atoms with Crippen LogP contribution in [-0.2, 0) is 14.6 Å². The molecule has 0 saturated heterocycles. The second-order valence-corrected chi connectivity index (χ2v) is 7.75. The van der Waals surface area contributed by atoms with Gasteiger partial charge in [0.05, 0.1) is 12.0 Å². The van der Waals surface area contributed by atoms with Crippen molar-refractivity contribution >= 4 is 21.8 Å². The Balaban J connectivity index is 1.69. The minimum Gasteiger partial charge on any atom is -0.497 e. The molecule has 0 bridgehead atoms. The van der Waals surface area contributed by atoms with E-state index in [9.17, 15) is 13.2 Å². The van der Waals surface area contributed by atoms with Gasteiger partial charge in [-0.1, -0.05) is 28.9 Å². The number of aryl methyl sites for hydroxylation is 1. The topological polar surface area (TPSA) is 111 Å². The SMILES string of the molecule is COc1cccc(-c2nnc(NC(=O)CS(=O)(=O)c3ccc(C)cc3)o2)c1. The summed E-state index contributed by atoms with van der Waals surface area (Å²) in [4.78, 5) is 12.2. The molecule has 0 unspecified atom stereocenters. The van der Waals surface area contributed by atoms with Gasteiger partial charge >= 0.3 is 6.01 Å². The number of carbonyl (C=O) groups is 1. The third kappa shape index (κ3) is 4.50. The van der Waals surface area contributed by atoms with Gasteiger partial charge in [-0.3, -0.25) is 10.1 Å². The van der Waals surface area contributed by atoms with E-state index in [-0.39, 0.29) is 16.8 Å². The zero-order valence-electron chi connectivity index (χ0n) is 14.7. The summed E-state index contributed by atoms with van der Waals surface area (Å²) in [5.41, 5.74) is 1.53. The number of aromatic nitrogens is 2. The molecule has 140 valence electrons. The summed E-state index contributed by atoms with van der Waals surface area (Å²) in [6.45, 7) is 1.85. The fourth-order valence-electron chi connectivity index (χ4n) is 2.30. The molecule has 0 aliphatic carbocycles. The molecule has 2 aromatic carbocycles. The lowest BCUT2D eigenvalue weighted by Crippen LogP contribution is -2.23. The van der Waals surface area contributed by atoms with Gasteiger partial charge in [0.25, 0.3) is 0 Å². The summed E-state index contributed by atoms with van der Waals surface area (Å²) in [5.74, 6) is -0.713. The maximum absolute atomic E-state index is 12.3. The molecule has 0 aliphatic rings. The third-order valence-corrected chi connectivity index (χ3v) is 5.32. The lowest BCUT2D eigenvalue weighted by Gasteiger charge is -2.04. The first kappa shape index (κ1) is 18.6. The van der Waals surface area contributed by atoms with E-state index in [1.54, 1.807) is 36.4 Å². The highest BCUT2D eigenvalue weighted by molar-refractivity contribution is 7.92. The Bertz CT molecular complexity index is 1060. The van der Waals surface area contributed by atoms with Crippen LogP contribution in [0, 0.1) is 6.92 Å². The molecule has 27 heavy (non-hydrogen) atoms. The molecule has 1 amide bonds. The Morgan fingerprint density at radius 3 is 2.59 bits per heavy atom. The largest absolute Gasteiger partial charge is 0.497 e. The average molecular weight is 387 g/mol. The van der Waals surface area contributed by atoms with Crippen LogP contribution in [-0.4, -0.2) is 37.4 Å². The summed E-state index contributed by atoms with van der Waals surface area (Å²) in [7, 11) is -2.23. The lowest BCUT2D eigenvalue weighted by atomic mass is 10.2. The normalized spacial score (nSPS) is 11.2. The quantitative estimate of drug-likeness (QED) is 0.691. The summed E-state index contributed by atoms with van der Waals surface area (Å²) in [6.07, 6.45) is 0. The molecule has 0 atom stereocenters. The summed E-state index contributed by atoms with van der Waals surface area (Å²) >= 11 is 0. The van der Waals surface area contributed by atoms with E-state index in [0.717, 1.165) is 5.56 Å². The molecule has 3 aromatic rings. The van der Waals surface area contributed by atoms with E-state index in [4.69, 9.17) is 9.15 Å². The van der Waals surface area contributed by atoms with Crippen LogP contribution in [0.2, 0.25) is 0 Å². The highest BCUT2D eigenvalue weighted by Crippen LogP contribution is 2.24. The summed E-state index contributed by atoms with van der Waals surface area (Å²) in [6, 6.07) is 13.0. The van der Waals surface area contributed by atoms with Crippen LogP contribution in [0.4, 0.5) is 6.01 Å². The Kier molecular flexibility index (Phi) is 5.22. The van der Waals surface area contributed by atoms with Crippen LogP contribution in [0.3, 0.4) is 0 Å². The number of amides is 1. The van der Waals surface area contributed by atoms with Crippen molar-refractivity contribution in [3.05, 3.63) is 54.1 Å². The number of nitrogens with one attached hydrogen (secondary N) is 1. The van der Waals surface area contributed by atoms with Gasteiger partial charge < -0.3 is 9.15 Å². The lowest BCUT2D eigenvalue weighted by molar-refractivity contribution is -0.114. The zero-order valence-corrected chi connectivity index (χ0v) is 15.5. The summed E-state index contributed by atoms with van der Waals surface area (Å²) < 4.78 is 35.1. The number of hydrogen-bond acceptors (Lipinski definition) is 7. The molecule has 3 rings (SSSR count). The number of nitrogens with zero attached hydrogens (tertiary/aromatic N) is 2. The number of benzene rings is 2. The minimum absolute atomic E-state index is 0.0749. The molecule has 8 nitrogen and oxygen atoms in total. The van der Waals surface area contributed by atoms with E-state index in [1.165, 1.54) is 19.2 Å². The fraction of sp³-hybridized carbons (Fsp3) is 0.167. The number of ether oxygens (including phenoxy) is 1. The highest BCUT2D eigenvalue weighted by atomic mass is 32.2. The zero-order chi connectivity index (χ0) is 19.4. The summed E-state index contributed by atoms with van der Waals surface area (Å²) in [5, 5.41) is 9.87. The first-order valence-corrected chi connectivity index (χ1v) is 9.60. The maximum atomic E-state index is 12.3. The van der Waals surface area contributed by atoms with Crippen molar-refractivity contribution in [3.8, 4) is 17.2 Å². The molecule has 1 heterocycles. The Hall–Kier alpha value is -3.20. The van der Waals surface area contributed by atoms with Crippen molar-refractivity contribution in [3.63, 3.8) is 0 Å². The number of hydrogen-bond donors (Lipinski definition) is 1. The molecule has 0 radical (unpaired) electrons. The molecule has 0 spiro atoms. The van der Waals surface area contributed by atoms with Crippen LogP contribution < -0.4 is 10.1 Å². The van der Waals surface area contributed by atoms with Crippen LogP contribution in [0.1, 0.15) is 5.56 Å². The van der Waals surface area contributed by atoms with E-state index < -0.39 is 21.5 Å². The van der Waals surface area contributed by atoms with E-state index >= 15 is 0 Å². The van der Waals surface area contributed by atoms with Gasteiger partial charge in [0, 0.05) is 5.56 Å². The van der Waals surface area contributed by atoms with Crippen LogP contribution in [0.25, 0.3) is 11.5 Å². The highest BCUT2D eigenvalue weighted by Gasteiger charge is 2.21. The monoisotopic (exact) mass is 387 g/mol. The molecule has 0 saturated carbocycles. The van der Waals surface area contributed by atoms with Gasteiger partial charge in [-0.2, -0.15) is 0 Å². The number of anilines is 1. The van der Waals surface area contributed by atoms with Gasteiger partial charge in [-0.25, -0.2) is 8.42 Å². The Morgan fingerprint density at radius 1 is 1.15 bits per heavy atom. The molecule has 1 N–H and O–H groups in total. The third-order valence-electron chi connectivity index (χ3n) is 3.69. The van der Waals surface area contributed by atoms with Crippen molar-refractivity contribution < 1.29 is 22.4 Å². The average Bonchev–Trinajstić information content (AvgIpc) is 3.10. The van der Waals surface area contributed by atoms with Gasteiger partial charge in [0.2, 0.25) is 11.8 Å². The van der Waals surface area contributed by atoms with Crippen molar-refractivity contribution in [1.29, 1.82) is 0 Å². The molecule has 0 aliphatic heterocycles. The van der Waals surface area contributed by atoms with Gasteiger partial charge in [-0.05, 0) is 37.3 Å². The number of carbonyl (C=O) groups excluding carboxylic acids is 1.